The summed E-state index contributed by atoms with van der Waals surface area (Å²) in [5, 5.41) is 7.39. The maximum absolute atomic E-state index is 6.76. The third kappa shape index (κ3) is 2.94. The molecule has 0 radical (unpaired) electrons. The molecule has 1 aliphatic heterocycles. The van der Waals surface area contributed by atoms with Crippen molar-refractivity contribution in [2.75, 3.05) is 0 Å². The molecule has 1 aliphatic rings. The summed E-state index contributed by atoms with van der Waals surface area (Å²) in [6.07, 6.45) is 0. The second-order valence-corrected chi connectivity index (χ2v) is 12.1. The van der Waals surface area contributed by atoms with E-state index in [1.54, 1.807) is 0 Å². The maximum atomic E-state index is 6.76. The molecule has 4 heteroatoms. The Bertz CT molecular complexity index is 2890. The number of aromatic nitrogens is 3. The lowest BCUT2D eigenvalue weighted by atomic mass is 10.0. The largest absolute Gasteiger partial charge is 0.453 e. The van der Waals surface area contributed by atoms with E-state index in [0.29, 0.717) is 0 Å². The molecular formula is C42H25N3O. The Morgan fingerprint density at radius 1 is 0.348 bits per heavy atom. The topological polar surface area (TPSA) is 24.0 Å². The summed E-state index contributed by atoms with van der Waals surface area (Å²) in [4.78, 5) is 0. The number of fused-ring (bicyclic) bond motifs is 12. The van der Waals surface area contributed by atoms with Gasteiger partial charge in [0.2, 0.25) is 0 Å². The van der Waals surface area contributed by atoms with Gasteiger partial charge in [0.25, 0.3) is 0 Å². The predicted octanol–water partition coefficient (Wildman–Crippen LogP) is 11.1. The molecule has 46 heavy (non-hydrogen) atoms. The van der Waals surface area contributed by atoms with Crippen LogP contribution in [-0.4, -0.2) is 13.7 Å². The summed E-state index contributed by atoms with van der Waals surface area (Å²) in [6.45, 7) is 0. The Morgan fingerprint density at radius 2 is 0.935 bits per heavy atom. The van der Waals surface area contributed by atoms with Crippen LogP contribution in [-0.2, 0) is 0 Å². The van der Waals surface area contributed by atoms with Crippen molar-refractivity contribution >= 4 is 65.4 Å². The first-order valence-electron chi connectivity index (χ1n) is 15.7. The molecule has 10 aromatic rings. The normalized spacial score (nSPS) is 12.5. The van der Waals surface area contributed by atoms with E-state index in [2.05, 4.69) is 159 Å². The third-order valence-electron chi connectivity index (χ3n) is 9.79. The molecule has 0 saturated carbocycles. The first-order valence-corrected chi connectivity index (χ1v) is 15.7. The van der Waals surface area contributed by atoms with Crippen molar-refractivity contribution in [3.8, 4) is 28.6 Å². The average Bonchev–Trinajstić information content (AvgIpc) is 3.75. The summed E-state index contributed by atoms with van der Waals surface area (Å²) >= 11 is 0. The van der Waals surface area contributed by atoms with Crippen LogP contribution >= 0.6 is 0 Å². The van der Waals surface area contributed by atoms with Crippen molar-refractivity contribution in [1.29, 1.82) is 0 Å². The van der Waals surface area contributed by atoms with Crippen molar-refractivity contribution in [1.82, 2.24) is 13.7 Å². The average molecular weight is 588 g/mol. The van der Waals surface area contributed by atoms with Crippen molar-refractivity contribution in [3.63, 3.8) is 0 Å². The molecule has 0 unspecified atom stereocenters. The van der Waals surface area contributed by atoms with Gasteiger partial charge in [-0.15, -0.1) is 0 Å². The quantitative estimate of drug-likeness (QED) is 0.197. The van der Waals surface area contributed by atoms with Crippen LogP contribution in [0.4, 0.5) is 0 Å². The first-order chi connectivity index (χ1) is 22.9. The molecule has 0 spiro atoms. The van der Waals surface area contributed by atoms with E-state index in [1.807, 2.05) is 6.07 Å². The number of nitrogens with zero attached hydrogens (tertiary/aromatic N) is 3. The fourth-order valence-electron chi connectivity index (χ4n) is 8.04. The molecule has 11 rings (SSSR count). The molecule has 0 amide bonds. The standard InChI is InChI=1S/C42H25N3O/c1-2-13-26(14-3-1)43-31-19-7-4-15-27(31)28-18-12-23-35(41(28)43)44-32-20-8-5-16-29(32)39-36(44)25-38-42-40(39)30-17-6-9-21-33(30)45(42)34-22-10-11-24-37(34)46-38/h1-25H. The van der Waals surface area contributed by atoms with Gasteiger partial charge in [0.1, 0.15) is 0 Å². The summed E-state index contributed by atoms with van der Waals surface area (Å²) in [5.41, 5.74) is 10.3. The van der Waals surface area contributed by atoms with Crippen LogP contribution in [0.25, 0.3) is 82.5 Å². The van der Waals surface area contributed by atoms with Crippen LogP contribution in [0, 0.1) is 0 Å². The molecular weight excluding hydrogens is 562 g/mol. The van der Waals surface area contributed by atoms with Crippen molar-refractivity contribution in [2.45, 2.75) is 0 Å². The molecule has 4 nitrogen and oxygen atoms in total. The Hall–Kier alpha value is -6.26. The highest BCUT2D eigenvalue weighted by molar-refractivity contribution is 6.30. The molecule has 3 aromatic heterocycles. The number of hydrogen-bond donors (Lipinski definition) is 0. The summed E-state index contributed by atoms with van der Waals surface area (Å²) in [6, 6.07) is 54.4. The van der Waals surface area contributed by atoms with E-state index >= 15 is 0 Å². The minimum absolute atomic E-state index is 0.867. The molecule has 0 fully saturated rings. The van der Waals surface area contributed by atoms with Crippen LogP contribution < -0.4 is 4.74 Å². The van der Waals surface area contributed by atoms with Crippen LogP contribution in [0.15, 0.2) is 152 Å². The smallest absolute Gasteiger partial charge is 0.154 e. The SMILES string of the molecule is c1ccc(-n2c3ccccc3c3cccc(-n4c5ccccc5c5c6c7ccccc7n7c6c(cc54)Oc4ccccc4-7)c32)cc1. The van der Waals surface area contributed by atoms with Crippen molar-refractivity contribution in [2.24, 2.45) is 0 Å². The fourth-order valence-corrected chi connectivity index (χ4v) is 8.04. The molecule has 0 atom stereocenters. The zero-order valence-corrected chi connectivity index (χ0v) is 24.7. The molecule has 0 saturated heterocycles. The summed E-state index contributed by atoms with van der Waals surface area (Å²) in [5.74, 6) is 1.74. The predicted molar refractivity (Wildman–Crippen MR) is 190 cm³/mol. The van der Waals surface area contributed by atoms with Gasteiger partial charge in [-0.25, -0.2) is 0 Å². The number of para-hydroxylation sites is 7. The van der Waals surface area contributed by atoms with Crippen molar-refractivity contribution in [3.05, 3.63) is 152 Å². The first kappa shape index (κ1) is 24.1. The maximum Gasteiger partial charge on any atom is 0.154 e. The van der Waals surface area contributed by atoms with Gasteiger partial charge in [0, 0.05) is 44.1 Å². The van der Waals surface area contributed by atoms with E-state index in [1.165, 1.54) is 54.4 Å². The van der Waals surface area contributed by atoms with E-state index in [-0.39, 0.29) is 0 Å². The number of hydrogen-bond acceptors (Lipinski definition) is 1. The number of rotatable bonds is 2. The third-order valence-corrected chi connectivity index (χ3v) is 9.79. The van der Waals surface area contributed by atoms with Gasteiger partial charge in [-0.05, 0) is 48.5 Å². The van der Waals surface area contributed by atoms with E-state index in [4.69, 9.17) is 4.74 Å². The molecule has 4 heterocycles. The highest BCUT2D eigenvalue weighted by Gasteiger charge is 2.28. The summed E-state index contributed by atoms with van der Waals surface area (Å²) < 4.78 is 14.0. The fraction of sp³-hybridized carbons (Fsp3) is 0. The molecule has 214 valence electrons. The lowest BCUT2D eigenvalue weighted by Gasteiger charge is -2.21. The zero-order valence-electron chi connectivity index (χ0n) is 24.7. The second-order valence-electron chi connectivity index (χ2n) is 12.1. The van der Waals surface area contributed by atoms with Gasteiger partial charge in [-0.1, -0.05) is 97.1 Å². The van der Waals surface area contributed by atoms with Crippen LogP contribution in [0.5, 0.6) is 11.5 Å². The van der Waals surface area contributed by atoms with Gasteiger partial charge >= 0.3 is 0 Å². The lowest BCUT2D eigenvalue weighted by molar-refractivity contribution is 0.477. The molecule has 0 bridgehead atoms. The Labute approximate surface area is 263 Å². The monoisotopic (exact) mass is 587 g/mol. The Balaban J connectivity index is 1.37. The van der Waals surface area contributed by atoms with Crippen LogP contribution in [0.2, 0.25) is 0 Å². The van der Waals surface area contributed by atoms with Gasteiger partial charge < -0.3 is 18.4 Å². The van der Waals surface area contributed by atoms with Gasteiger partial charge in [-0.3, -0.25) is 0 Å². The highest BCUT2D eigenvalue weighted by atomic mass is 16.5. The van der Waals surface area contributed by atoms with Gasteiger partial charge in [0.05, 0.1) is 44.5 Å². The van der Waals surface area contributed by atoms with E-state index in [9.17, 15) is 0 Å². The minimum Gasteiger partial charge on any atom is -0.453 e. The summed E-state index contributed by atoms with van der Waals surface area (Å²) in [7, 11) is 0. The van der Waals surface area contributed by atoms with Crippen LogP contribution in [0.3, 0.4) is 0 Å². The lowest BCUT2D eigenvalue weighted by Crippen LogP contribution is -2.04. The number of ether oxygens (including phenoxy) is 1. The Kier molecular flexibility index (Phi) is 4.55. The van der Waals surface area contributed by atoms with Crippen LogP contribution in [0.1, 0.15) is 0 Å². The Morgan fingerprint density at radius 3 is 1.74 bits per heavy atom. The zero-order chi connectivity index (χ0) is 29.9. The molecule has 0 N–H and O–H groups in total. The van der Waals surface area contributed by atoms with E-state index in [0.717, 1.165) is 39.6 Å². The molecule has 0 aliphatic carbocycles. The minimum atomic E-state index is 0.867. The van der Waals surface area contributed by atoms with E-state index < -0.39 is 0 Å². The van der Waals surface area contributed by atoms with Gasteiger partial charge in [-0.2, -0.15) is 0 Å². The highest BCUT2D eigenvalue weighted by Crippen LogP contribution is 2.51. The van der Waals surface area contributed by atoms with Gasteiger partial charge in [0.15, 0.2) is 11.5 Å². The second kappa shape index (κ2) is 8.68. The number of benzene rings is 7. The molecule has 7 aromatic carbocycles. The van der Waals surface area contributed by atoms with Crippen molar-refractivity contribution < 1.29 is 4.74 Å².